The van der Waals surface area contributed by atoms with Gasteiger partial charge in [0.15, 0.2) is 5.82 Å². The molecule has 0 radical (unpaired) electrons. The van der Waals surface area contributed by atoms with E-state index in [0.717, 1.165) is 24.1 Å². The van der Waals surface area contributed by atoms with Crippen LogP contribution in [0, 0.1) is 0 Å². The Morgan fingerprint density at radius 2 is 2.00 bits per heavy atom. The molecule has 1 fully saturated rings. The first-order valence-electron chi connectivity index (χ1n) is 10.1. The van der Waals surface area contributed by atoms with Gasteiger partial charge in [-0.1, -0.05) is 30.3 Å². The number of hydrogen-bond acceptors (Lipinski definition) is 6. The van der Waals surface area contributed by atoms with E-state index in [2.05, 4.69) is 20.8 Å². The zero-order chi connectivity index (χ0) is 21.2. The first-order valence-corrected chi connectivity index (χ1v) is 10.1. The molecule has 4 aromatic rings. The van der Waals surface area contributed by atoms with Crippen LogP contribution in [0.4, 0.5) is 0 Å². The van der Waals surface area contributed by atoms with Gasteiger partial charge >= 0.3 is 0 Å². The van der Waals surface area contributed by atoms with Crippen LogP contribution in [-0.2, 0) is 6.54 Å². The fourth-order valence-corrected chi connectivity index (χ4v) is 3.42. The summed E-state index contributed by atoms with van der Waals surface area (Å²) in [6, 6.07) is 17.5. The number of para-hydroxylation sites is 1. The number of nitrogens with zero attached hydrogens (tertiary/aromatic N) is 6. The van der Waals surface area contributed by atoms with E-state index in [1.165, 1.54) is 0 Å². The van der Waals surface area contributed by atoms with Crippen LogP contribution in [0.1, 0.15) is 35.1 Å². The maximum absolute atomic E-state index is 13.2. The molecule has 0 aliphatic heterocycles. The Morgan fingerprint density at radius 1 is 1.16 bits per heavy atom. The van der Waals surface area contributed by atoms with Crippen molar-refractivity contribution in [3.8, 4) is 22.7 Å². The lowest BCUT2D eigenvalue weighted by atomic mass is 10.1. The Morgan fingerprint density at radius 3 is 2.77 bits per heavy atom. The van der Waals surface area contributed by atoms with Crippen LogP contribution in [0.2, 0.25) is 0 Å². The van der Waals surface area contributed by atoms with Crippen molar-refractivity contribution in [3.63, 3.8) is 0 Å². The highest BCUT2D eigenvalue weighted by Gasteiger charge is 2.28. The summed E-state index contributed by atoms with van der Waals surface area (Å²) in [6.07, 6.45) is 3.87. The summed E-state index contributed by atoms with van der Waals surface area (Å²) in [5.41, 5.74) is 2.69. The molecular weight excluding hydrogens is 394 g/mol. The number of hydrogen-bond donors (Lipinski definition) is 1. The van der Waals surface area contributed by atoms with Crippen molar-refractivity contribution < 1.29 is 9.53 Å². The first kappa shape index (κ1) is 19.0. The molecule has 2 aromatic carbocycles. The van der Waals surface area contributed by atoms with Gasteiger partial charge in [0.05, 0.1) is 30.9 Å². The Balaban J connectivity index is 1.47. The molecule has 31 heavy (non-hydrogen) atoms. The van der Waals surface area contributed by atoms with E-state index >= 15 is 0 Å². The van der Waals surface area contributed by atoms with E-state index in [1.807, 2.05) is 54.6 Å². The third-order valence-electron chi connectivity index (χ3n) is 5.18. The smallest absolute Gasteiger partial charge is 0.255 e. The third kappa shape index (κ3) is 3.89. The quantitative estimate of drug-likeness (QED) is 0.498. The predicted molar refractivity (Wildman–Crippen MR) is 113 cm³/mol. The number of amides is 1. The Bertz CT molecular complexity index is 1210. The van der Waals surface area contributed by atoms with Crippen LogP contribution in [-0.4, -0.2) is 43.0 Å². The van der Waals surface area contributed by atoms with Crippen LogP contribution in [0.5, 0.6) is 5.75 Å². The van der Waals surface area contributed by atoms with Crippen molar-refractivity contribution in [2.24, 2.45) is 0 Å². The lowest BCUT2D eigenvalue weighted by Crippen LogP contribution is -2.25. The summed E-state index contributed by atoms with van der Waals surface area (Å²) >= 11 is 0. The second-order valence-electron chi connectivity index (χ2n) is 7.36. The van der Waals surface area contributed by atoms with Crippen molar-refractivity contribution >= 4 is 5.91 Å². The average molecular weight is 415 g/mol. The minimum atomic E-state index is -0.245. The highest BCUT2D eigenvalue weighted by molar-refractivity contribution is 6.00. The molecule has 2 heterocycles. The molecule has 0 atom stereocenters. The number of methoxy groups -OCH3 is 1. The molecule has 9 heteroatoms. The molecule has 5 rings (SSSR count). The maximum Gasteiger partial charge on any atom is 0.255 e. The van der Waals surface area contributed by atoms with E-state index in [0.29, 0.717) is 28.9 Å². The predicted octanol–water partition coefficient (Wildman–Crippen LogP) is 2.80. The van der Waals surface area contributed by atoms with Gasteiger partial charge in [0.25, 0.3) is 5.91 Å². The standard InChI is InChI=1S/C22H21N7O2/c1-31-18-9-5-6-15(12-18)21-19(14-28(25-21)16-7-3-2-4-8-16)22(30)23-13-20-24-26-27-29(20)17-10-11-17/h2-9,12,14,17H,10-11,13H2,1H3,(H,23,30). The van der Waals surface area contributed by atoms with Crippen LogP contribution >= 0.6 is 0 Å². The molecule has 1 aliphatic carbocycles. The fraction of sp³-hybridized carbons (Fsp3) is 0.227. The number of tetrazole rings is 1. The molecule has 1 saturated carbocycles. The van der Waals surface area contributed by atoms with Gasteiger partial charge in [0.2, 0.25) is 0 Å². The summed E-state index contributed by atoms with van der Waals surface area (Å²) < 4.78 is 8.84. The molecule has 1 aliphatic rings. The second kappa shape index (κ2) is 8.02. The number of carbonyl (C=O) groups is 1. The monoisotopic (exact) mass is 415 g/mol. The number of aromatic nitrogens is 6. The first-order chi connectivity index (χ1) is 15.2. The van der Waals surface area contributed by atoms with Gasteiger partial charge in [0, 0.05) is 11.8 Å². The van der Waals surface area contributed by atoms with E-state index in [1.54, 1.807) is 22.7 Å². The van der Waals surface area contributed by atoms with Gasteiger partial charge in [-0.25, -0.2) is 9.36 Å². The van der Waals surface area contributed by atoms with Crippen LogP contribution in [0.3, 0.4) is 0 Å². The van der Waals surface area contributed by atoms with Crippen molar-refractivity contribution in [3.05, 3.63) is 72.2 Å². The molecule has 0 unspecified atom stereocenters. The molecule has 1 N–H and O–H groups in total. The minimum absolute atomic E-state index is 0.245. The SMILES string of the molecule is COc1cccc(-c2nn(-c3ccccc3)cc2C(=O)NCc2nnnn2C2CC2)c1. The highest BCUT2D eigenvalue weighted by Crippen LogP contribution is 2.34. The highest BCUT2D eigenvalue weighted by atomic mass is 16.5. The Kier molecular flexibility index (Phi) is 4.91. The lowest BCUT2D eigenvalue weighted by Gasteiger charge is -2.07. The lowest BCUT2D eigenvalue weighted by molar-refractivity contribution is 0.0950. The van der Waals surface area contributed by atoms with Gasteiger partial charge < -0.3 is 10.1 Å². The van der Waals surface area contributed by atoms with Crippen LogP contribution in [0.15, 0.2) is 60.8 Å². The molecule has 0 bridgehead atoms. The van der Waals surface area contributed by atoms with E-state index in [4.69, 9.17) is 9.84 Å². The van der Waals surface area contributed by atoms with Crippen molar-refractivity contribution in [1.29, 1.82) is 0 Å². The molecule has 9 nitrogen and oxygen atoms in total. The maximum atomic E-state index is 13.2. The van der Waals surface area contributed by atoms with E-state index in [-0.39, 0.29) is 12.5 Å². The summed E-state index contributed by atoms with van der Waals surface area (Å²) in [4.78, 5) is 13.2. The third-order valence-corrected chi connectivity index (χ3v) is 5.18. The Hall–Kier alpha value is -4.01. The van der Waals surface area contributed by atoms with E-state index < -0.39 is 0 Å². The molecule has 0 spiro atoms. The normalized spacial score (nSPS) is 13.2. The molecular formula is C22H21N7O2. The van der Waals surface area contributed by atoms with Gasteiger partial charge in [-0.05, 0) is 47.5 Å². The number of ether oxygens (including phenoxy) is 1. The molecule has 0 saturated heterocycles. The van der Waals surface area contributed by atoms with Crippen molar-refractivity contribution in [2.75, 3.05) is 7.11 Å². The zero-order valence-electron chi connectivity index (χ0n) is 17.0. The summed E-state index contributed by atoms with van der Waals surface area (Å²) in [7, 11) is 1.61. The fourth-order valence-electron chi connectivity index (χ4n) is 3.42. The van der Waals surface area contributed by atoms with Gasteiger partial charge in [0.1, 0.15) is 11.4 Å². The van der Waals surface area contributed by atoms with Gasteiger partial charge in [-0.2, -0.15) is 5.10 Å². The largest absolute Gasteiger partial charge is 0.497 e. The zero-order valence-corrected chi connectivity index (χ0v) is 17.0. The van der Waals surface area contributed by atoms with Gasteiger partial charge in [-0.15, -0.1) is 5.10 Å². The average Bonchev–Trinajstić information content (AvgIpc) is 3.38. The topological polar surface area (TPSA) is 99.8 Å². The summed E-state index contributed by atoms with van der Waals surface area (Å²) in [6.45, 7) is 0.246. The number of nitrogens with one attached hydrogen (secondary N) is 1. The Labute approximate surface area is 178 Å². The molecule has 1 amide bonds. The van der Waals surface area contributed by atoms with Crippen LogP contribution < -0.4 is 10.1 Å². The van der Waals surface area contributed by atoms with Crippen molar-refractivity contribution in [1.82, 2.24) is 35.3 Å². The second-order valence-corrected chi connectivity index (χ2v) is 7.36. The number of benzene rings is 2. The molecule has 156 valence electrons. The van der Waals surface area contributed by atoms with Crippen molar-refractivity contribution in [2.45, 2.75) is 25.4 Å². The molecule has 2 aromatic heterocycles. The van der Waals surface area contributed by atoms with E-state index in [9.17, 15) is 4.79 Å². The van der Waals surface area contributed by atoms with Crippen LogP contribution in [0.25, 0.3) is 16.9 Å². The minimum Gasteiger partial charge on any atom is -0.497 e. The number of carbonyl (C=O) groups excluding carboxylic acids is 1. The number of rotatable bonds is 7. The summed E-state index contributed by atoms with van der Waals surface area (Å²) in [5.74, 6) is 1.10. The van der Waals surface area contributed by atoms with Gasteiger partial charge in [-0.3, -0.25) is 4.79 Å². The summed E-state index contributed by atoms with van der Waals surface area (Å²) in [5, 5.41) is 19.5.